The van der Waals surface area contributed by atoms with Gasteiger partial charge < -0.3 is 19.5 Å². The highest BCUT2D eigenvalue weighted by molar-refractivity contribution is 5.55. The first-order valence-corrected chi connectivity index (χ1v) is 8.12. The van der Waals surface area contributed by atoms with E-state index in [9.17, 15) is 4.39 Å². The number of halogens is 1. The van der Waals surface area contributed by atoms with Gasteiger partial charge in [0.15, 0.2) is 0 Å². The minimum Gasteiger partial charge on any atom is -0.468 e. The highest BCUT2D eigenvalue weighted by Gasteiger charge is 2.20. The lowest BCUT2D eigenvalue weighted by Crippen LogP contribution is -2.45. The van der Waals surface area contributed by atoms with Gasteiger partial charge in [0.2, 0.25) is 0 Å². The number of nitrogens with zero attached hydrogens (tertiary/aromatic N) is 2. The van der Waals surface area contributed by atoms with Crippen LogP contribution in [-0.2, 0) is 6.54 Å². The molecule has 1 aromatic heterocycles. The number of piperazine rings is 1. The molecule has 5 heteroatoms. The molecule has 124 valence electrons. The first-order chi connectivity index (χ1) is 11.1. The van der Waals surface area contributed by atoms with Gasteiger partial charge in [-0.2, -0.15) is 0 Å². The Balaban J connectivity index is 1.75. The van der Waals surface area contributed by atoms with Gasteiger partial charge in [-0.05, 0) is 49.9 Å². The van der Waals surface area contributed by atoms with Crippen molar-refractivity contribution >= 4 is 5.69 Å². The van der Waals surface area contributed by atoms with Crippen LogP contribution in [0.25, 0.3) is 0 Å². The zero-order valence-corrected chi connectivity index (χ0v) is 13.8. The van der Waals surface area contributed by atoms with Crippen LogP contribution in [0.2, 0.25) is 0 Å². The molecular formula is C18H24FN3O. The predicted octanol–water partition coefficient (Wildman–Crippen LogP) is 3.02. The largest absolute Gasteiger partial charge is 0.468 e. The Labute approximate surface area is 136 Å². The van der Waals surface area contributed by atoms with Gasteiger partial charge in [0, 0.05) is 37.9 Å². The van der Waals surface area contributed by atoms with Crippen LogP contribution in [0, 0.1) is 5.82 Å². The predicted molar refractivity (Wildman–Crippen MR) is 90.1 cm³/mol. The van der Waals surface area contributed by atoms with Gasteiger partial charge in [0.05, 0.1) is 12.8 Å². The molecule has 1 atom stereocenters. The van der Waals surface area contributed by atoms with E-state index in [0.29, 0.717) is 6.54 Å². The molecule has 0 bridgehead atoms. The molecule has 0 aliphatic carbocycles. The third-order valence-electron chi connectivity index (χ3n) is 4.46. The molecule has 1 saturated heterocycles. The molecular weight excluding hydrogens is 293 g/mol. The number of furan rings is 1. The summed E-state index contributed by atoms with van der Waals surface area (Å²) in [6.45, 7) is 6.71. The summed E-state index contributed by atoms with van der Waals surface area (Å²) in [6, 6.07) is 8.96. The van der Waals surface area contributed by atoms with Crippen molar-refractivity contribution in [1.82, 2.24) is 10.2 Å². The first-order valence-electron chi connectivity index (χ1n) is 8.12. The van der Waals surface area contributed by atoms with Crippen molar-refractivity contribution in [3.8, 4) is 0 Å². The molecule has 0 amide bonds. The lowest BCUT2D eigenvalue weighted by molar-refractivity contribution is 0.312. The van der Waals surface area contributed by atoms with E-state index < -0.39 is 0 Å². The Morgan fingerprint density at radius 2 is 2.00 bits per heavy atom. The topological polar surface area (TPSA) is 31.7 Å². The van der Waals surface area contributed by atoms with Gasteiger partial charge in [0.25, 0.3) is 0 Å². The highest BCUT2D eigenvalue weighted by atomic mass is 19.1. The van der Waals surface area contributed by atoms with E-state index in [1.807, 2.05) is 18.2 Å². The van der Waals surface area contributed by atoms with E-state index in [-0.39, 0.29) is 11.9 Å². The number of rotatable bonds is 5. The van der Waals surface area contributed by atoms with Crippen LogP contribution >= 0.6 is 0 Å². The second-order valence-corrected chi connectivity index (χ2v) is 6.18. The zero-order valence-electron chi connectivity index (χ0n) is 13.8. The third kappa shape index (κ3) is 3.92. The van der Waals surface area contributed by atoms with Crippen molar-refractivity contribution in [2.24, 2.45) is 0 Å². The van der Waals surface area contributed by atoms with Gasteiger partial charge in [-0.1, -0.05) is 0 Å². The number of nitrogens with one attached hydrogen (secondary N) is 1. The molecule has 0 saturated carbocycles. The zero-order chi connectivity index (χ0) is 16.2. The van der Waals surface area contributed by atoms with Gasteiger partial charge in [0.1, 0.15) is 11.6 Å². The summed E-state index contributed by atoms with van der Waals surface area (Å²) in [6.07, 6.45) is 1.67. The molecule has 1 aliphatic heterocycles. The molecule has 1 fully saturated rings. The van der Waals surface area contributed by atoms with Crippen LogP contribution in [-0.4, -0.2) is 38.1 Å². The molecule has 0 radical (unpaired) electrons. The van der Waals surface area contributed by atoms with E-state index in [0.717, 1.165) is 43.2 Å². The van der Waals surface area contributed by atoms with Crippen LogP contribution in [0.4, 0.5) is 10.1 Å². The Kier molecular flexibility index (Phi) is 4.98. The number of benzene rings is 1. The summed E-state index contributed by atoms with van der Waals surface area (Å²) in [7, 11) is 2.14. The fourth-order valence-electron chi connectivity index (χ4n) is 2.98. The highest BCUT2D eigenvalue weighted by Crippen LogP contribution is 2.28. The number of anilines is 1. The van der Waals surface area contributed by atoms with E-state index in [2.05, 4.69) is 29.1 Å². The molecule has 0 spiro atoms. The van der Waals surface area contributed by atoms with Crippen LogP contribution in [0.1, 0.15) is 24.3 Å². The van der Waals surface area contributed by atoms with Crippen LogP contribution in [0.5, 0.6) is 0 Å². The van der Waals surface area contributed by atoms with Crippen molar-refractivity contribution in [3.05, 3.63) is 53.7 Å². The molecule has 4 nitrogen and oxygen atoms in total. The average Bonchev–Trinajstić information content (AvgIpc) is 3.07. The average molecular weight is 317 g/mol. The molecule has 3 rings (SSSR count). The van der Waals surface area contributed by atoms with Gasteiger partial charge in [-0.3, -0.25) is 0 Å². The number of likely N-dealkylation sites (N-methyl/N-ethyl adjacent to an activating group) is 1. The van der Waals surface area contributed by atoms with Crippen molar-refractivity contribution in [1.29, 1.82) is 0 Å². The minimum atomic E-state index is -0.190. The lowest BCUT2D eigenvalue weighted by Gasteiger charge is -2.36. The summed E-state index contributed by atoms with van der Waals surface area (Å²) < 4.78 is 19.1. The summed E-state index contributed by atoms with van der Waals surface area (Å²) in [5.74, 6) is 0.693. The Hall–Kier alpha value is -1.85. The Morgan fingerprint density at radius 1 is 1.22 bits per heavy atom. The molecule has 2 aromatic rings. The van der Waals surface area contributed by atoms with Crippen LogP contribution in [0.3, 0.4) is 0 Å². The number of hydrogen-bond acceptors (Lipinski definition) is 4. The number of hydrogen-bond donors (Lipinski definition) is 1. The summed E-state index contributed by atoms with van der Waals surface area (Å²) in [5, 5.41) is 3.42. The Morgan fingerprint density at radius 3 is 2.70 bits per heavy atom. The van der Waals surface area contributed by atoms with Crippen molar-refractivity contribution < 1.29 is 8.81 Å². The quantitative estimate of drug-likeness (QED) is 0.918. The molecule has 1 aliphatic rings. The van der Waals surface area contributed by atoms with E-state index in [1.165, 1.54) is 0 Å². The third-order valence-corrected chi connectivity index (χ3v) is 4.46. The fourth-order valence-corrected chi connectivity index (χ4v) is 2.98. The standard InChI is InChI=1S/C18H24FN3O/c1-14(20-13-16-4-3-11-23-16)17-12-15(19)5-6-18(17)22-9-7-21(2)8-10-22/h3-6,11-12,14,20H,7-10,13H2,1-2H3/t14-/m1/s1. The molecule has 23 heavy (non-hydrogen) atoms. The van der Waals surface area contributed by atoms with Crippen LogP contribution < -0.4 is 10.2 Å². The van der Waals surface area contributed by atoms with E-state index in [4.69, 9.17) is 4.42 Å². The van der Waals surface area contributed by atoms with Gasteiger partial charge >= 0.3 is 0 Å². The molecule has 1 aromatic carbocycles. The Bertz CT molecular complexity index is 621. The SMILES string of the molecule is C[C@@H](NCc1ccco1)c1cc(F)ccc1N1CCN(C)CC1. The minimum absolute atomic E-state index is 0.0467. The molecule has 0 unspecified atom stereocenters. The molecule has 1 N–H and O–H groups in total. The summed E-state index contributed by atoms with van der Waals surface area (Å²) in [5.41, 5.74) is 2.13. The van der Waals surface area contributed by atoms with Crippen molar-refractivity contribution in [2.45, 2.75) is 19.5 Å². The van der Waals surface area contributed by atoms with Crippen LogP contribution in [0.15, 0.2) is 41.0 Å². The maximum absolute atomic E-state index is 13.8. The van der Waals surface area contributed by atoms with E-state index in [1.54, 1.807) is 18.4 Å². The summed E-state index contributed by atoms with van der Waals surface area (Å²) >= 11 is 0. The smallest absolute Gasteiger partial charge is 0.123 e. The van der Waals surface area contributed by atoms with Crippen molar-refractivity contribution in [2.75, 3.05) is 38.1 Å². The van der Waals surface area contributed by atoms with Crippen molar-refractivity contribution in [3.63, 3.8) is 0 Å². The van der Waals surface area contributed by atoms with Gasteiger partial charge in [-0.15, -0.1) is 0 Å². The van der Waals surface area contributed by atoms with E-state index >= 15 is 0 Å². The van der Waals surface area contributed by atoms with Gasteiger partial charge in [-0.25, -0.2) is 4.39 Å². The second kappa shape index (κ2) is 7.15. The summed E-state index contributed by atoms with van der Waals surface area (Å²) in [4.78, 5) is 4.66. The maximum Gasteiger partial charge on any atom is 0.123 e. The second-order valence-electron chi connectivity index (χ2n) is 6.18. The first kappa shape index (κ1) is 16.0. The monoisotopic (exact) mass is 317 g/mol. The maximum atomic E-state index is 13.8. The lowest BCUT2D eigenvalue weighted by atomic mass is 10.0. The fraction of sp³-hybridized carbons (Fsp3) is 0.444. The normalized spacial score (nSPS) is 17.4. The molecule has 2 heterocycles.